The number of rotatable bonds is 7. The average Bonchev–Trinajstić information content (AvgIpc) is 3.20. The van der Waals surface area contributed by atoms with E-state index in [0.29, 0.717) is 10.6 Å². The lowest BCUT2D eigenvalue weighted by Gasteiger charge is -2.12. The van der Waals surface area contributed by atoms with Gasteiger partial charge >= 0.3 is 11.9 Å². The van der Waals surface area contributed by atoms with Gasteiger partial charge in [0.05, 0.1) is 29.5 Å². The molecule has 1 aromatic heterocycles. The highest BCUT2D eigenvalue weighted by atomic mass is 35.5. The Morgan fingerprint density at radius 1 is 1.03 bits per heavy atom. The lowest BCUT2D eigenvalue weighted by Crippen LogP contribution is -2.16. The van der Waals surface area contributed by atoms with Crippen molar-refractivity contribution in [3.63, 3.8) is 0 Å². The summed E-state index contributed by atoms with van der Waals surface area (Å²) >= 11 is 5.79. The minimum Gasteiger partial charge on any atom is -0.463 e. The van der Waals surface area contributed by atoms with E-state index in [0.717, 1.165) is 0 Å². The number of carbonyl (C=O) groups excluding carboxylic acids is 2. The number of ether oxygens (including phenoxy) is 2. The number of halogens is 1. The number of hydrogen-bond acceptors (Lipinski definition) is 7. The van der Waals surface area contributed by atoms with E-state index in [1.54, 1.807) is 12.1 Å². The van der Waals surface area contributed by atoms with Gasteiger partial charge in [0.15, 0.2) is 0 Å². The molecule has 0 aliphatic rings. The van der Waals surface area contributed by atoms with Crippen molar-refractivity contribution in [1.82, 2.24) is 0 Å². The molecule has 1 heterocycles. The highest BCUT2D eigenvalue weighted by Crippen LogP contribution is 2.23. The van der Waals surface area contributed by atoms with Gasteiger partial charge in [0.25, 0.3) is 10.0 Å². The summed E-state index contributed by atoms with van der Waals surface area (Å²) in [5.41, 5.74) is 0.352. The van der Waals surface area contributed by atoms with Gasteiger partial charge in [-0.2, -0.15) is 0 Å². The van der Waals surface area contributed by atoms with Crippen LogP contribution >= 0.6 is 11.6 Å². The molecule has 0 saturated carbocycles. The molecular formula is C20H16ClNO7S. The first-order chi connectivity index (χ1) is 14.3. The molecule has 0 fully saturated rings. The Morgan fingerprint density at radius 3 is 2.43 bits per heavy atom. The second-order valence-electron chi connectivity index (χ2n) is 5.95. The molecule has 0 radical (unpaired) electrons. The molecule has 30 heavy (non-hydrogen) atoms. The van der Waals surface area contributed by atoms with E-state index in [1.807, 2.05) is 0 Å². The smallest absolute Gasteiger partial charge is 0.374 e. The summed E-state index contributed by atoms with van der Waals surface area (Å²) in [5, 5.41) is 0.392. The second-order valence-corrected chi connectivity index (χ2v) is 8.07. The zero-order valence-corrected chi connectivity index (χ0v) is 17.2. The first-order valence-electron chi connectivity index (χ1n) is 8.51. The molecule has 0 atom stereocenters. The third-order valence-electron chi connectivity index (χ3n) is 3.99. The van der Waals surface area contributed by atoms with Crippen LogP contribution in [0.2, 0.25) is 5.02 Å². The Kier molecular flexibility index (Phi) is 6.43. The maximum atomic E-state index is 12.6. The van der Waals surface area contributed by atoms with Gasteiger partial charge in [-0.05, 0) is 42.5 Å². The highest BCUT2D eigenvalue weighted by Gasteiger charge is 2.21. The zero-order chi connectivity index (χ0) is 21.7. The third kappa shape index (κ3) is 4.81. The molecule has 0 aliphatic carbocycles. The van der Waals surface area contributed by atoms with Gasteiger partial charge < -0.3 is 13.9 Å². The fraction of sp³-hybridized carbons (Fsp3) is 0.100. The molecule has 3 rings (SSSR count). The van der Waals surface area contributed by atoms with Crippen LogP contribution in [0.15, 0.2) is 70.2 Å². The van der Waals surface area contributed by atoms with Gasteiger partial charge in [-0.15, -0.1) is 0 Å². The highest BCUT2D eigenvalue weighted by molar-refractivity contribution is 7.92. The number of carbonyl (C=O) groups is 2. The normalized spacial score (nSPS) is 11.0. The van der Waals surface area contributed by atoms with Crippen molar-refractivity contribution in [2.24, 2.45) is 0 Å². The Balaban J connectivity index is 1.78. The molecule has 156 valence electrons. The number of para-hydroxylation sites is 1. The van der Waals surface area contributed by atoms with Crippen LogP contribution in [-0.4, -0.2) is 27.5 Å². The van der Waals surface area contributed by atoms with Crippen molar-refractivity contribution in [2.45, 2.75) is 11.5 Å². The van der Waals surface area contributed by atoms with E-state index in [4.69, 9.17) is 20.8 Å². The minimum atomic E-state index is -3.96. The number of hydrogen-bond donors (Lipinski definition) is 1. The molecule has 0 spiro atoms. The predicted molar refractivity (Wildman–Crippen MR) is 108 cm³/mol. The molecule has 2 aromatic carbocycles. The van der Waals surface area contributed by atoms with E-state index in [1.165, 1.54) is 55.8 Å². The average molecular weight is 450 g/mol. The van der Waals surface area contributed by atoms with Crippen LogP contribution in [0.25, 0.3) is 0 Å². The second kappa shape index (κ2) is 9.02. The zero-order valence-electron chi connectivity index (χ0n) is 15.6. The number of esters is 2. The Hall–Kier alpha value is -3.30. The van der Waals surface area contributed by atoms with Crippen LogP contribution in [-0.2, 0) is 26.1 Å². The van der Waals surface area contributed by atoms with E-state index in [2.05, 4.69) is 9.46 Å². The maximum Gasteiger partial charge on any atom is 0.374 e. The van der Waals surface area contributed by atoms with E-state index < -0.39 is 22.0 Å². The lowest BCUT2D eigenvalue weighted by atomic mass is 10.2. The summed E-state index contributed by atoms with van der Waals surface area (Å²) < 4.78 is 42.5. The van der Waals surface area contributed by atoms with Gasteiger partial charge in [0.2, 0.25) is 5.76 Å². The standard InChI is InChI=1S/C20H16ClNO7S/c1-27-20(24)18-13(10-11-28-18)12-29-19(23)16-4-2-3-5-17(16)22-30(25,26)15-8-6-14(21)7-9-15/h2-11,22H,12H2,1H3. The number of benzene rings is 2. The Morgan fingerprint density at radius 2 is 1.73 bits per heavy atom. The number of furan rings is 1. The van der Waals surface area contributed by atoms with Crippen molar-refractivity contribution >= 4 is 39.3 Å². The number of methoxy groups -OCH3 is 1. The predicted octanol–water partition coefficient (Wildman–Crippen LogP) is 3.88. The maximum absolute atomic E-state index is 12.6. The lowest BCUT2D eigenvalue weighted by molar-refractivity contribution is 0.0454. The van der Waals surface area contributed by atoms with Crippen LogP contribution in [0.1, 0.15) is 26.5 Å². The van der Waals surface area contributed by atoms with E-state index >= 15 is 0 Å². The van der Waals surface area contributed by atoms with Crippen molar-refractivity contribution in [2.75, 3.05) is 11.8 Å². The van der Waals surface area contributed by atoms with Crippen molar-refractivity contribution in [1.29, 1.82) is 0 Å². The summed E-state index contributed by atoms with van der Waals surface area (Å²) in [7, 11) is -2.76. The van der Waals surface area contributed by atoms with Gasteiger partial charge in [-0.3, -0.25) is 4.72 Å². The van der Waals surface area contributed by atoms with Crippen LogP contribution in [0, 0.1) is 0 Å². The van der Waals surface area contributed by atoms with E-state index in [-0.39, 0.29) is 28.5 Å². The van der Waals surface area contributed by atoms with Crippen LogP contribution in [0.3, 0.4) is 0 Å². The molecule has 0 amide bonds. The van der Waals surface area contributed by atoms with Gasteiger partial charge in [0, 0.05) is 10.6 Å². The van der Waals surface area contributed by atoms with Crippen molar-refractivity contribution in [3.8, 4) is 0 Å². The number of anilines is 1. The monoisotopic (exact) mass is 449 g/mol. The summed E-state index contributed by atoms with van der Waals surface area (Å²) in [6.45, 7) is -0.266. The van der Waals surface area contributed by atoms with Gasteiger partial charge in [0.1, 0.15) is 6.61 Å². The summed E-state index contributed by atoms with van der Waals surface area (Å²) in [6.07, 6.45) is 1.27. The first kappa shape index (κ1) is 21.4. The molecule has 10 heteroatoms. The molecule has 1 N–H and O–H groups in total. The topological polar surface area (TPSA) is 112 Å². The summed E-state index contributed by atoms with van der Waals surface area (Å²) in [5.74, 6) is -1.58. The molecule has 0 bridgehead atoms. The third-order valence-corrected chi connectivity index (χ3v) is 5.62. The van der Waals surface area contributed by atoms with Gasteiger partial charge in [-0.25, -0.2) is 18.0 Å². The van der Waals surface area contributed by atoms with Crippen LogP contribution in [0.4, 0.5) is 5.69 Å². The molecule has 3 aromatic rings. The quantitative estimate of drug-likeness (QED) is 0.544. The SMILES string of the molecule is COC(=O)c1occc1COC(=O)c1ccccc1NS(=O)(=O)c1ccc(Cl)cc1. The summed E-state index contributed by atoms with van der Waals surface area (Å²) in [4.78, 5) is 24.2. The molecular weight excluding hydrogens is 434 g/mol. The van der Waals surface area contributed by atoms with Crippen molar-refractivity contribution < 1.29 is 31.9 Å². The summed E-state index contributed by atoms with van der Waals surface area (Å²) in [6, 6.07) is 13.0. The molecule has 0 aliphatic heterocycles. The van der Waals surface area contributed by atoms with Gasteiger partial charge in [-0.1, -0.05) is 23.7 Å². The van der Waals surface area contributed by atoms with Crippen LogP contribution < -0.4 is 4.72 Å². The fourth-order valence-electron chi connectivity index (χ4n) is 2.51. The largest absolute Gasteiger partial charge is 0.463 e. The molecule has 8 nitrogen and oxygen atoms in total. The van der Waals surface area contributed by atoms with Crippen molar-refractivity contribution in [3.05, 3.63) is 82.8 Å². The number of nitrogens with one attached hydrogen (secondary N) is 1. The molecule has 0 unspecified atom stereocenters. The number of sulfonamides is 1. The molecule has 0 saturated heterocycles. The fourth-order valence-corrected chi connectivity index (χ4v) is 3.72. The minimum absolute atomic E-state index is 0.00171. The van der Waals surface area contributed by atoms with E-state index in [9.17, 15) is 18.0 Å². The Bertz CT molecular complexity index is 1170. The Labute approximate surface area is 177 Å². The first-order valence-corrected chi connectivity index (χ1v) is 10.4. The van der Waals surface area contributed by atoms with Crippen LogP contribution in [0.5, 0.6) is 0 Å².